The summed E-state index contributed by atoms with van der Waals surface area (Å²) in [5.41, 5.74) is 3.70. The highest BCUT2D eigenvalue weighted by Gasteiger charge is 2.33. The highest BCUT2D eigenvalue weighted by atomic mass is 16.2. The number of hydrogen-bond acceptors (Lipinski definition) is 4. The Kier molecular flexibility index (Phi) is 4.06. The van der Waals surface area contributed by atoms with Crippen LogP contribution >= 0.6 is 0 Å². The van der Waals surface area contributed by atoms with Crippen LogP contribution in [0.2, 0.25) is 0 Å². The van der Waals surface area contributed by atoms with Gasteiger partial charge in [0.25, 0.3) is 5.91 Å². The zero-order valence-corrected chi connectivity index (χ0v) is 15.3. The minimum Gasteiger partial charge on any atom is -0.336 e. The fourth-order valence-corrected chi connectivity index (χ4v) is 3.36. The first kappa shape index (κ1) is 16.5. The lowest BCUT2D eigenvalue weighted by Crippen LogP contribution is -2.51. The van der Waals surface area contributed by atoms with Gasteiger partial charge in [-0.2, -0.15) is 5.10 Å². The van der Waals surface area contributed by atoms with Crippen molar-refractivity contribution in [3.05, 3.63) is 53.9 Å². The Balaban J connectivity index is 1.43. The van der Waals surface area contributed by atoms with Crippen LogP contribution in [-0.4, -0.2) is 48.2 Å². The Morgan fingerprint density at radius 1 is 1.19 bits per heavy atom. The zero-order chi connectivity index (χ0) is 18.3. The predicted molar refractivity (Wildman–Crippen MR) is 97.5 cm³/mol. The maximum atomic E-state index is 12.5. The molecule has 0 aliphatic carbocycles. The van der Waals surface area contributed by atoms with Crippen LogP contribution in [0.15, 0.2) is 36.8 Å². The molecule has 1 amide bonds. The molecule has 0 N–H and O–H groups in total. The second kappa shape index (κ2) is 6.40. The molecule has 1 saturated heterocycles. The summed E-state index contributed by atoms with van der Waals surface area (Å²) in [7, 11) is 1.85. The second-order valence-corrected chi connectivity index (χ2v) is 6.94. The van der Waals surface area contributed by atoms with Crippen molar-refractivity contribution in [2.24, 2.45) is 13.0 Å². The number of likely N-dealkylation sites (tertiary alicyclic amines) is 1. The van der Waals surface area contributed by atoms with E-state index in [-0.39, 0.29) is 5.91 Å². The molecule has 0 saturated carbocycles. The molecule has 0 radical (unpaired) electrons. The van der Waals surface area contributed by atoms with Gasteiger partial charge in [-0.25, -0.2) is 4.98 Å². The fraction of sp³-hybridized carbons (Fsp3) is 0.368. The van der Waals surface area contributed by atoms with Gasteiger partial charge in [-0.15, -0.1) is 0 Å². The summed E-state index contributed by atoms with van der Waals surface area (Å²) < 4.78 is 3.97. The molecule has 1 fully saturated rings. The zero-order valence-electron chi connectivity index (χ0n) is 15.3. The Morgan fingerprint density at radius 3 is 2.58 bits per heavy atom. The number of rotatable bonds is 4. The van der Waals surface area contributed by atoms with Gasteiger partial charge in [0.05, 0.1) is 0 Å². The lowest BCUT2D eigenvalue weighted by molar-refractivity contribution is 0.0462. The van der Waals surface area contributed by atoms with E-state index in [0.29, 0.717) is 11.6 Å². The van der Waals surface area contributed by atoms with Crippen molar-refractivity contribution in [1.82, 2.24) is 29.2 Å². The number of aryl methyl sites for hydroxylation is 3. The van der Waals surface area contributed by atoms with E-state index >= 15 is 0 Å². The summed E-state index contributed by atoms with van der Waals surface area (Å²) in [6.45, 7) is 6.37. The Labute approximate surface area is 152 Å². The Hall–Kier alpha value is -2.96. The third-order valence-corrected chi connectivity index (χ3v) is 5.01. The molecular formula is C19H22N6O. The van der Waals surface area contributed by atoms with Crippen molar-refractivity contribution in [3.63, 3.8) is 0 Å². The van der Waals surface area contributed by atoms with Crippen molar-refractivity contribution in [1.29, 1.82) is 0 Å². The lowest BCUT2D eigenvalue weighted by atomic mass is 9.99. The topological polar surface area (TPSA) is 68.8 Å². The van der Waals surface area contributed by atoms with Crippen molar-refractivity contribution >= 4 is 5.91 Å². The quantitative estimate of drug-likeness (QED) is 0.722. The first-order chi connectivity index (χ1) is 12.5. The van der Waals surface area contributed by atoms with Gasteiger partial charge in [0, 0.05) is 68.1 Å². The largest absolute Gasteiger partial charge is 0.336 e. The van der Waals surface area contributed by atoms with Gasteiger partial charge in [-0.3, -0.25) is 14.5 Å². The minimum atomic E-state index is 0.0154. The summed E-state index contributed by atoms with van der Waals surface area (Å²) in [5.74, 6) is 1.40. The van der Waals surface area contributed by atoms with E-state index < -0.39 is 0 Å². The second-order valence-electron chi connectivity index (χ2n) is 6.94. The number of pyridine rings is 1. The highest BCUT2D eigenvalue weighted by molar-refractivity contribution is 5.92. The molecule has 3 aromatic rings. The highest BCUT2D eigenvalue weighted by Crippen LogP contribution is 2.25. The molecule has 0 atom stereocenters. The third kappa shape index (κ3) is 2.89. The van der Waals surface area contributed by atoms with Crippen LogP contribution in [0, 0.1) is 19.8 Å². The standard InChI is InChI=1S/C19H22N6O/c1-13-8-17(22-23(13)3)19(26)24-10-15(11-24)12-25-14(2)9-21-18(25)16-4-6-20-7-5-16/h4-9,15H,10-12H2,1-3H3. The monoisotopic (exact) mass is 350 g/mol. The summed E-state index contributed by atoms with van der Waals surface area (Å²) in [4.78, 5) is 23.0. The molecule has 1 aliphatic rings. The SMILES string of the molecule is Cc1cc(C(=O)N2CC(Cn3c(C)cnc3-c3ccncc3)C2)nn1C. The van der Waals surface area contributed by atoms with Crippen molar-refractivity contribution < 1.29 is 4.79 Å². The third-order valence-electron chi connectivity index (χ3n) is 5.01. The maximum Gasteiger partial charge on any atom is 0.274 e. The molecule has 7 nitrogen and oxygen atoms in total. The van der Waals surface area contributed by atoms with Gasteiger partial charge in [0.2, 0.25) is 0 Å². The molecular weight excluding hydrogens is 328 g/mol. The average molecular weight is 350 g/mol. The molecule has 3 aromatic heterocycles. The first-order valence-corrected chi connectivity index (χ1v) is 8.75. The number of carbonyl (C=O) groups is 1. The van der Waals surface area contributed by atoms with Crippen LogP contribution in [0.3, 0.4) is 0 Å². The molecule has 4 heterocycles. The number of aromatic nitrogens is 5. The predicted octanol–water partition coefficient (Wildman–Crippen LogP) is 2.07. The van der Waals surface area contributed by atoms with E-state index in [4.69, 9.17) is 0 Å². The molecule has 7 heteroatoms. The van der Waals surface area contributed by atoms with E-state index in [1.54, 1.807) is 17.1 Å². The van der Waals surface area contributed by atoms with Gasteiger partial charge in [-0.1, -0.05) is 0 Å². The van der Waals surface area contributed by atoms with E-state index in [2.05, 4.69) is 26.6 Å². The molecule has 0 aromatic carbocycles. The van der Waals surface area contributed by atoms with Gasteiger partial charge < -0.3 is 9.47 Å². The number of hydrogen-bond donors (Lipinski definition) is 0. The lowest BCUT2D eigenvalue weighted by Gasteiger charge is -2.39. The Bertz CT molecular complexity index is 917. The van der Waals surface area contributed by atoms with E-state index in [1.807, 2.05) is 43.3 Å². The molecule has 4 rings (SSSR count). The van der Waals surface area contributed by atoms with E-state index in [0.717, 1.165) is 42.4 Å². The van der Waals surface area contributed by atoms with E-state index in [9.17, 15) is 4.79 Å². The van der Waals surface area contributed by atoms with Crippen molar-refractivity contribution in [3.8, 4) is 11.4 Å². The molecule has 0 spiro atoms. The van der Waals surface area contributed by atoms with Crippen LogP contribution in [0.25, 0.3) is 11.4 Å². The summed E-state index contributed by atoms with van der Waals surface area (Å²) in [6, 6.07) is 5.79. The normalized spacial score (nSPS) is 14.5. The molecule has 0 unspecified atom stereocenters. The van der Waals surface area contributed by atoms with Crippen molar-refractivity contribution in [2.75, 3.05) is 13.1 Å². The molecule has 1 aliphatic heterocycles. The average Bonchev–Trinajstić information content (AvgIpc) is 3.14. The maximum absolute atomic E-state index is 12.5. The molecule has 134 valence electrons. The summed E-state index contributed by atoms with van der Waals surface area (Å²) in [6.07, 6.45) is 5.46. The van der Waals surface area contributed by atoms with Crippen LogP contribution in [0.1, 0.15) is 21.9 Å². The van der Waals surface area contributed by atoms with Crippen LogP contribution < -0.4 is 0 Å². The Morgan fingerprint density at radius 2 is 1.92 bits per heavy atom. The number of nitrogens with zero attached hydrogens (tertiary/aromatic N) is 6. The van der Waals surface area contributed by atoms with Gasteiger partial charge in [0.15, 0.2) is 5.69 Å². The van der Waals surface area contributed by atoms with Crippen LogP contribution in [0.5, 0.6) is 0 Å². The summed E-state index contributed by atoms with van der Waals surface area (Å²) in [5, 5.41) is 4.29. The molecule has 26 heavy (non-hydrogen) atoms. The van der Waals surface area contributed by atoms with Crippen LogP contribution in [-0.2, 0) is 13.6 Å². The van der Waals surface area contributed by atoms with E-state index in [1.165, 1.54) is 0 Å². The number of amides is 1. The smallest absolute Gasteiger partial charge is 0.274 e. The molecule has 0 bridgehead atoms. The number of carbonyl (C=O) groups excluding carboxylic acids is 1. The van der Waals surface area contributed by atoms with Crippen molar-refractivity contribution in [2.45, 2.75) is 20.4 Å². The number of imidazole rings is 1. The van der Waals surface area contributed by atoms with Gasteiger partial charge >= 0.3 is 0 Å². The van der Waals surface area contributed by atoms with Gasteiger partial charge in [0.1, 0.15) is 5.82 Å². The first-order valence-electron chi connectivity index (χ1n) is 8.75. The van der Waals surface area contributed by atoms with Crippen LogP contribution in [0.4, 0.5) is 0 Å². The fourth-order valence-electron chi connectivity index (χ4n) is 3.36. The van der Waals surface area contributed by atoms with Gasteiger partial charge in [-0.05, 0) is 32.0 Å². The minimum absolute atomic E-state index is 0.0154. The summed E-state index contributed by atoms with van der Waals surface area (Å²) >= 11 is 0.